The van der Waals surface area contributed by atoms with E-state index >= 15 is 0 Å². The first-order chi connectivity index (χ1) is 13.2. The average molecular weight is 383 g/mol. The fourth-order valence-electron chi connectivity index (χ4n) is 4.10. The highest BCUT2D eigenvalue weighted by Gasteiger charge is 2.27. The Morgan fingerprint density at radius 2 is 2.15 bits per heavy atom. The number of nitrogens with one attached hydrogen (secondary N) is 1. The van der Waals surface area contributed by atoms with Gasteiger partial charge in [0.1, 0.15) is 0 Å². The van der Waals surface area contributed by atoms with Crippen molar-refractivity contribution in [1.82, 2.24) is 20.0 Å². The van der Waals surface area contributed by atoms with Gasteiger partial charge in [0, 0.05) is 37.6 Å². The Hall–Kier alpha value is -2.18. The minimum Gasteiger partial charge on any atom is -0.354 e. The number of hydrogen-bond donors (Lipinski definition) is 1. The summed E-state index contributed by atoms with van der Waals surface area (Å²) in [6, 6.07) is 10.9. The normalized spacial score (nSPS) is 18.1. The van der Waals surface area contributed by atoms with Crippen molar-refractivity contribution in [3.63, 3.8) is 0 Å². The van der Waals surface area contributed by atoms with Crippen molar-refractivity contribution in [2.75, 3.05) is 13.6 Å². The molecule has 0 aliphatic carbocycles. The zero-order valence-electron chi connectivity index (χ0n) is 15.9. The number of rotatable bonds is 5. The lowest BCUT2D eigenvalue weighted by molar-refractivity contribution is 0.0964. The molecule has 0 unspecified atom stereocenters. The molecule has 1 aromatic carbocycles. The van der Waals surface area contributed by atoms with Crippen molar-refractivity contribution < 1.29 is 4.79 Å². The summed E-state index contributed by atoms with van der Waals surface area (Å²) in [5, 5.41) is 8.36. The summed E-state index contributed by atoms with van der Waals surface area (Å²) >= 11 is 1.61. The molecule has 3 heterocycles. The fraction of sp³-hybridized carbons (Fsp3) is 0.429. The Kier molecular flexibility index (Phi) is 5.27. The number of benzene rings is 1. The zero-order chi connectivity index (χ0) is 18.8. The zero-order valence-corrected chi connectivity index (χ0v) is 16.8. The number of aromatic nitrogens is 2. The molecule has 1 saturated heterocycles. The van der Waals surface area contributed by atoms with Gasteiger partial charge in [-0.3, -0.25) is 14.4 Å². The standard InChI is InChI=1S/C21H26N4OS/c1-22-21(26)20-18(17-8-3-4-9-19(17)27-20)13-15-7-5-6-12-25(15)14-16-10-11-23-24(16)2/h3-4,8-11,15H,5-7,12-14H2,1-2H3,(H,22,26)/t15-/m1/s1. The van der Waals surface area contributed by atoms with E-state index in [2.05, 4.69) is 39.6 Å². The average Bonchev–Trinajstić information content (AvgIpc) is 3.26. The van der Waals surface area contributed by atoms with Gasteiger partial charge in [-0.15, -0.1) is 11.3 Å². The Morgan fingerprint density at radius 3 is 2.93 bits per heavy atom. The number of carbonyl (C=O) groups excluding carboxylic acids is 1. The highest BCUT2D eigenvalue weighted by molar-refractivity contribution is 7.21. The minimum atomic E-state index is 0.0280. The number of aryl methyl sites for hydroxylation is 1. The van der Waals surface area contributed by atoms with Crippen molar-refractivity contribution in [3.05, 3.63) is 52.7 Å². The van der Waals surface area contributed by atoms with Gasteiger partial charge in [0.2, 0.25) is 0 Å². The second kappa shape index (κ2) is 7.82. The predicted octanol–water partition coefficient (Wildman–Crippen LogP) is 3.59. The summed E-state index contributed by atoms with van der Waals surface area (Å²) in [7, 11) is 3.72. The molecule has 142 valence electrons. The van der Waals surface area contributed by atoms with E-state index in [1.165, 1.54) is 40.6 Å². The molecule has 5 nitrogen and oxygen atoms in total. The highest BCUT2D eigenvalue weighted by atomic mass is 32.1. The number of amides is 1. The van der Waals surface area contributed by atoms with Gasteiger partial charge in [-0.2, -0.15) is 5.10 Å². The van der Waals surface area contributed by atoms with Gasteiger partial charge in [-0.05, 0) is 48.9 Å². The highest BCUT2D eigenvalue weighted by Crippen LogP contribution is 2.34. The van der Waals surface area contributed by atoms with Gasteiger partial charge < -0.3 is 5.32 Å². The number of likely N-dealkylation sites (tertiary alicyclic amines) is 1. The smallest absolute Gasteiger partial charge is 0.261 e. The van der Waals surface area contributed by atoms with Crippen LogP contribution in [0.3, 0.4) is 0 Å². The van der Waals surface area contributed by atoms with Crippen molar-refractivity contribution in [2.24, 2.45) is 7.05 Å². The van der Waals surface area contributed by atoms with E-state index in [0.29, 0.717) is 6.04 Å². The van der Waals surface area contributed by atoms with Crippen LogP contribution < -0.4 is 5.32 Å². The van der Waals surface area contributed by atoms with E-state index in [1.807, 2.05) is 24.0 Å². The van der Waals surface area contributed by atoms with E-state index in [1.54, 1.807) is 18.4 Å². The van der Waals surface area contributed by atoms with E-state index < -0.39 is 0 Å². The monoisotopic (exact) mass is 382 g/mol. The Balaban J connectivity index is 1.65. The molecule has 1 amide bonds. The third-order valence-electron chi connectivity index (χ3n) is 5.61. The lowest BCUT2D eigenvalue weighted by Gasteiger charge is -2.36. The molecule has 1 fully saturated rings. The number of piperidine rings is 1. The minimum absolute atomic E-state index is 0.0280. The molecule has 27 heavy (non-hydrogen) atoms. The van der Waals surface area contributed by atoms with Crippen molar-refractivity contribution in [1.29, 1.82) is 0 Å². The van der Waals surface area contributed by atoms with Crippen molar-refractivity contribution >= 4 is 27.3 Å². The Labute approximate surface area is 164 Å². The number of hydrogen-bond acceptors (Lipinski definition) is 4. The molecule has 1 N–H and O–H groups in total. The third kappa shape index (κ3) is 3.64. The molecule has 0 bridgehead atoms. The van der Waals surface area contributed by atoms with Crippen LogP contribution in [0, 0.1) is 0 Å². The van der Waals surface area contributed by atoms with Gasteiger partial charge in [-0.1, -0.05) is 24.6 Å². The Bertz CT molecular complexity index is 945. The largest absolute Gasteiger partial charge is 0.354 e. The number of nitrogens with zero attached hydrogens (tertiary/aromatic N) is 3. The predicted molar refractivity (Wildman–Crippen MR) is 110 cm³/mol. The van der Waals surface area contributed by atoms with Gasteiger partial charge >= 0.3 is 0 Å². The molecule has 0 spiro atoms. The quantitative estimate of drug-likeness (QED) is 0.734. The molecule has 1 aliphatic heterocycles. The lowest BCUT2D eigenvalue weighted by atomic mass is 9.93. The number of thiophene rings is 1. The molecular formula is C21H26N4OS. The molecule has 2 aromatic heterocycles. The van der Waals surface area contributed by atoms with Gasteiger partial charge in [0.15, 0.2) is 0 Å². The third-order valence-corrected chi connectivity index (χ3v) is 6.82. The molecule has 1 atom stereocenters. The van der Waals surface area contributed by atoms with Crippen LogP contribution in [0.5, 0.6) is 0 Å². The van der Waals surface area contributed by atoms with Crippen molar-refractivity contribution in [3.8, 4) is 0 Å². The fourth-order valence-corrected chi connectivity index (χ4v) is 5.28. The summed E-state index contributed by atoms with van der Waals surface area (Å²) in [4.78, 5) is 15.9. The second-order valence-electron chi connectivity index (χ2n) is 7.26. The Morgan fingerprint density at radius 1 is 1.30 bits per heavy atom. The number of carbonyl (C=O) groups is 1. The molecule has 6 heteroatoms. The van der Waals surface area contributed by atoms with E-state index in [4.69, 9.17) is 0 Å². The van der Waals surface area contributed by atoms with Gasteiger partial charge in [0.25, 0.3) is 5.91 Å². The summed E-state index contributed by atoms with van der Waals surface area (Å²) in [5.41, 5.74) is 2.44. The maximum absolute atomic E-state index is 12.5. The number of fused-ring (bicyclic) bond motifs is 1. The second-order valence-corrected chi connectivity index (χ2v) is 8.31. The van der Waals surface area contributed by atoms with E-state index in [0.717, 1.165) is 24.4 Å². The SMILES string of the molecule is CNC(=O)c1sc2ccccc2c1C[C@H]1CCCCN1Cc1ccnn1C. The molecule has 0 saturated carbocycles. The summed E-state index contributed by atoms with van der Waals surface area (Å²) in [5.74, 6) is 0.0280. The molecule has 3 aromatic rings. The van der Waals surface area contributed by atoms with Crippen LogP contribution >= 0.6 is 11.3 Å². The topological polar surface area (TPSA) is 50.2 Å². The first kappa shape index (κ1) is 18.2. The summed E-state index contributed by atoms with van der Waals surface area (Å²) in [6.45, 7) is 2.02. The molecule has 4 rings (SSSR count). The summed E-state index contributed by atoms with van der Waals surface area (Å²) in [6.07, 6.45) is 6.45. The van der Waals surface area contributed by atoms with Crippen LogP contribution in [0.25, 0.3) is 10.1 Å². The molecule has 1 aliphatic rings. The molecular weight excluding hydrogens is 356 g/mol. The maximum atomic E-state index is 12.5. The first-order valence-electron chi connectivity index (χ1n) is 9.61. The van der Waals surface area contributed by atoms with Crippen molar-refractivity contribution in [2.45, 2.75) is 38.3 Å². The van der Waals surface area contributed by atoms with Crippen LogP contribution in [-0.2, 0) is 20.0 Å². The van der Waals surface area contributed by atoms with Gasteiger partial charge in [0.05, 0.1) is 10.6 Å². The van der Waals surface area contributed by atoms with Crippen LogP contribution in [0.15, 0.2) is 36.5 Å². The molecule has 0 radical (unpaired) electrons. The van der Waals surface area contributed by atoms with Crippen LogP contribution in [0.1, 0.15) is 40.2 Å². The maximum Gasteiger partial charge on any atom is 0.261 e. The summed E-state index contributed by atoms with van der Waals surface area (Å²) < 4.78 is 3.15. The lowest BCUT2D eigenvalue weighted by Crippen LogP contribution is -2.41. The van der Waals surface area contributed by atoms with Crippen LogP contribution in [0.4, 0.5) is 0 Å². The first-order valence-corrected chi connectivity index (χ1v) is 10.4. The van der Waals surface area contributed by atoms with E-state index in [-0.39, 0.29) is 5.91 Å². The van der Waals surface area contributed by atoms with Gasteiger partial charge in [-0.25, -0.2) is 0 Å². The van der Waals surface area contributed by atoms with Crippen LogP contribution in [-0.4, -0.2) is 40.2 Å². The van der Waals surface area contributed by atoms with E-state index in [9.17, 15) is 4.79 Å². The van der Waals surface area contributed by atoms with Crippen LogP contribution in [0.2, 0.25) is 0 Å².